The molecule has 0 saturated carbocycles. The molecule has 0 aliphatic heterocycles. The first kappa shape index (κ1) is 33.0. The minimum Gasteiger partial charge on any atom is -0.481 e. The van der Waals surface area contributed by atoms with Crippen LogP contribution in [0.2, 0.25) is 0 Å². The second-order valence-corrected chi connectivity index (χ2v) is 8.68. The molecule has 0 heterocycles. The zero-order chi connectivity index (χ0) is 28.7. The molecule has 210 valence electrons. The SMILES string of the molecule is CC(C)C(NC(=O)C(CCC(N)=O)NC(=O)C(CCCN=C(N)N)NC(=O)C(N)CCC(=O)O)C(=O)O. The molecule has 37 heavy (non-hydrogen) atoms. The molecule has 0 spiro atoms. The molecule has 0 bridgehead atoms. The highest BCUT2D eigenvalue weighted by atomic mass is 16.4. The highest BCUT2D eigenvalue weighted by Crippen LogP contribution is 2.07. The van der Waals surface area contributed by atoms with E-state index >= 15 is 0 Å². The molecule has 0 aliphatic rings. The van der Waals surface area contributed by atoms with E-state index in [1.54, 1.807) is 13.8 Å². The van der Waals surface area contributed by atoms with Crippen LogP contribution in [0.3, 0.4) is 0 Å². The van der Waals surface area contributed by atoms with Crippen LogP contribution in [-0.2, 0) is 28.8 Å². The number of nitrogens with one attached hydrogen (secondary N) is 3. The van der Waals surface area contributed by atoms with E-state index in [2.05, 4.69) is 20.9 Å². The fourth-order valence-electron chi connectivity index (χ4n) is 3.06. The molecule has 4 unspecified atom stereocenters. The van der Waals surface area contributed by atoms with Gasteiger partial charge in [0.2, 0.25) is 23.6 Å². The van der Waals surface area contributed by atoms with Gasteiger partial charge in [-0.2, -0.15) is 0 Å². The van der Waals surface area contributed by atoms with E-state index in [9.17, 15) is 33.9 Å². The van der Waals surface area contributed by atoms with Crippen LogP contribution in [0, 0.1) is 5.92 Å². The number of hydrogen-bond acceptors (Lipinski definition) is 8. The van der Waals surface area contributed by atoms with Gasteiger partial charge < -0.3 is 49.1 Å². The predicted molar refractivity (Wildman–Crippen MR) is 131 cm³/mol. The number of guanidine groups is 1. The Kier molecular flexibility index (Phi) is 14.9. The molecular formula is C21H38N8O8. The number of carbonyl (C=O) groups is 6. The largest absolute Gasteiger partial charge is 0.481 e. The van der Waals surface area contributed by atoms with Crippen molar-refractivity contribution in [2.75, 3.05) is 6.54 Å². The van der Waals surface area contributed by atoms with Gasteiger partial charge >= 0.3 is 11.9 Å². The summed E-state index contributed by atoms with van der Waals surface area (Å²) < 4.78 is 0. The summed E-state index contributed by atoms with van der Waals surface area (Å²) in [5.74, 6) is -6.35. The number of carboxylic acid groups (broad SMARTS) is 2. The molecule has 0 aliphatic carbocycles. The van der Waals surface area contributed by atoms with Gasteiger partial charge in [0.1, 0.15) is 18.1 Å². The Hall–Kier alpha value is -3.95. The van der Waals surface area contributed by atoms with Gasteiger partial charge in [0.25, 0.3) is 0 Å². The Bertz CT molecular complexity index is 859. The average molecular weight is 531 g/mol. The third-order valence-electron chi connectivity index (χ3n) is 5.13. The summed E-state index contributed by atoms with van der Waals surface area (Å²) in [4.78, 5) is 75.6. The van der Waals surface area contributed by atoms with Crippen molar-refractivity contribution in [3.8, 4) is 0 Å². The van der Waals surface area contributed by atoms with Crippen LogP contribution in [-0.4, -0.2) is 82.5 Å². The minimum atomic E-state index is -1.35. The van der Waals surface area contributed by atoms with E-state index in [-0.39, 0.29) is 51.0 Å². The van der Waals surface area contributed by atoms with Crippen LogP contribution in [0.1, 0.15) is 52.4 Å². The lowest BCUT2D eigenvalue weighted by Crippen LogP contribution is -2.57. The van der Waals surface area contributed by atoms with Gasteiger partial charge in [0, 0.05) is 19.4 Å². The van der Waals surface area contributed by atoms with Crippen molar-refractivity contribution in [1.29, 1.82) is 0 Å². The van der Waals surface area contributed by atoms with Crippen LogP contribution in [0.15, 0.2) is 4.99 Å². The number of aliphatic imine (C=N–C) groups is 1. The Labute approximate surface area is 214 Å². The molecule has 0 rings (SSSR count). The Morgan fingerprint density at radius 1 is 0.784 bits per heavy atom. The van der Waals surface area contributed by atoms with Crippen molar-refractivity contribution in [3.05, 3.63) is 0 Å². The first-order valence-corrected chi connectivity index (χ1v) is 11.6. The third kappa shape index (κ3) is 14.3. The van der Waals surface area contributed by atoms with Crippen molar-refractivity contribution >= 4 is 41.5 Å². The number of hydrogen-bond donors (Lipinski definition) is 9. The zero-order valence-corrected chi connectivity index (χ0v) is 20.9. The molecule has 0 aromatic rings. The molecule has 0 aromatic heterocycles. The maximum atomic E-state index is 13.1. The first-order chi connectivity index (χ1) is 17.1. The Balaban J connectivity index is 5.67. The summed E-state index contributed by atoms with van der Waals surface area (Å²) >= 11 is 0. The minimum absolute atomic E-state index is 0.00784. The van der Waals surface area contributed by atoms with E-state index in [1.807, 2.05) is 0 Å². The van der Waals surface area contributed by atoms with Crippen LogP contribution in [0.25, 0.3) is 0 Å². The second kappa shape index (κ2) is 16.7. The van der Waals surface area contributed by atoms with Gasteiger partial charge in [0.05, 0.1) is 6.04 Å². The maximum Gasteiger partial charge on any atom is 0.326 e. The van der Waals surface area contributed by atoms with E-state index in [0.29, 0.717) is 0 Å². The zero-order valence-electron chi connectivity index (χ0n) is 20.9. The lowest BCUT2D eigenvalue weighted by Gasteiger charge is -2.26. The van der Waals surface area contributed by atoms with Crippen molar-refractivity contribution in [2.45, 2.75) is 76.5 Å². The number of carboxylic acids is 2. The number of rotatable bonds is 18. The van der Waals surface area contributed by atoms with E-state index in [1.165, 1.54) is 0 Å². The highest BCUT2D eigenvalue weighted by molar-refractivity contribution is 5.94. The third-order valence-corrected chi connectivity index (χ3v) is 5.13. The molecule has 16 nitrogen and oxygen atoms in total. The van der Waals surface area contributed by atoms with Crippen LogP contribution < -0.4 is 38.9 Å². The summed E-state index contributed by atoms with van der Waals surface area (Å²) in [5.41, 5.74) is 21.4. The van der Waals surface area contributed by atoms with Crippen molar-refractivity contribution in [2.24, 2.45) is 33.8 Å². The fraction of sp³-hybridized carbons (Fsp3) is 0.667. The topological polar surface area (TPSA) is 295 Å². The molecule has 0 radical (unpaired) electrons. The van der Waals surface area contributed by atoms with E-state index < -0.39 is 65.7 Å². The number of nitrogens with two attached hydrogens (primary N) is 4. The van der Waals surface area contributed by atoms with Crippen molar-refractivity contribution in [1.82, 2.24) is 16.0 Å². The summed E-state index contributed by atoms with van der Waals surface area (Å²) in [6.07, 6.45) is -0.838. The molecule has 0 fully saturated rings. The lowest BCUT2D eigenvalue weighted by molar-refractivity contribution is -0.143. The molecule has 0 saturated heterocycles. The number of amides is 4. The van der Waals surface area contributed by atoms with Crippen molar-refractivity contribution < 1.29 is 39.0 Å². The molecular weight excluding hydrogens is 492 g/mol. The second-order valence-electron chi connectivity index (χ2n) is 8.68. The van der Waals surface area contributed by atoms with E-state index in [4.69, 9.17) is 28.0 Å². The smallest absolute Gasteiger partial charge is 0.326 e. The van der Waals surface area contributed by atoms with Gasteiger partial charge in [0.15, 0.2) is 5.96 Å². The van der Waals surface area contributed by atoms with Gasteiger partial charge in [-0.25, -0.2) is 4.79 Å². The summed E-state index contributed by atoms with van der Waals surface area (Å²) in [7, 11) is 0. The quantitative estimate of drug-likeness (QED) is 0.0480. The lowest BCUT2D eigenvalue weighted by atomic mass is 10.0. The van der Waals surface area contributed by atoms with Gasteiger partial charge in [-0.05, 0) is 31.6 Å². The Morgan fingerprint density at radius 3 is 1.81 bits per heavy atom. The number of carbonyl (C=O) groups excluding carboxylic acids is 4. The predicted octanol–water partition coefficient (Wildman–Crippen LogP) is -3.31. The van der Waals surface area contributed by atoms with Gasteiger partial charge in [-0.1, -0.05) is 13.8 Å². The van der Waals surface area contributed by atoms with Gasteiger partial charge in [-0.15, -0.1) is 0 Å². The fourth-order valence-corrected chi connectivity index (χ4v) is 3.06. The number of primary amides is 1. The Morgan fingerprint density at radius 2 is 1.32 bits per heavy atom. The number of nitrogens with zero attached hydrogens (tertiary/aromatic N) is 1. The van der Waals surface area contributed by atoms with Crippen LogP contribution in [0.4, 0.5) is 0 Å². The van der Waals surface area contributed by atoms with Gasteiger partial charge in [-0.3, -0.25) is 29.0 Å². The number of aliphatic carboxylic acids is 2. The molecule has 4 atom stereocenters. The normalized spacial score (nSPS) is 13.9. The average Bonchev–Trinajstić information content (AvgIpc) is 2.78. The van der Waals surface area contributed by atoms with Crippen LogP contribution >= 0.6 is 0 Å². The van der Waals surface area contributed by atoms with E-state index in [0.717, 1.165) is 0 Å². The molecule has 4 amide bonds. The molecule has 16 heteroatoms. The van der Waals surface area contributed by atoms with Crippen molar-refractivity contribution in [3.63, 3.8) is 0 Å². The monoisotopic (exact) mass is 530 g/mol. The highest BCUT2D eigenvalue weighted by Gasteiger charge is 2.31. The molecule has 0 aromatic carbocycles. The molecule has 13 N–H and O–H groups in total. The van der Waals surface area contributed by atoms with Crippen LogP contribution in [0.5, 0.6) is 0 Å². The first-order valence-electron chi connectivity index (χ1n) is 11.6. The standard InChI is InChI=1S/C21H38N8O8/c1-10(2)16(20(36)37)29-19(35)13(6-7-14(23)30)28-18(34)12(4-3-9-26-21(24)25)27-17(33)11(22)5-8-15(31)32/h10-13,16H,3-9,22H2,1-2H3,(H2,23,30)(H,27,33)(H,28,34)(H,29,35)(H,31,32)(H,36,37)(H4,24,25,26). The maximum absolute atomic E-state index is 13.1. The summed E-state index contributed by atoms with van der Waals surface area (Å²) in [5, 5.41) is 25.3. The summed E-state index contributed by atoms with van der Waals surface area (Å²) in [6, 6.07) is -5.07. The summed E-state index contributed by atoms with van der Waals surface area (Å²) in [6.45, 7) is 3.27.